The zero-order valence-corrected chi connectivity index (χ0v) is 22.4. The van der Waals surface area contributed by atoms with Crippen LogP contribution in [0, 0.1) is 5.82 Å². The Kier molecular flexibility index (Phi) is 9.13. The summed E-state index contributed by atoms with van der Waals surface area (Å²) in [6, 6.07) is 20.0. The van der Waals surface area contributed by atoms with Crippen molar-refractivity contribution in [1.82, 2.24) is 14.9 Å². The molecule has 0 radical (unpaired) electrons. The van der Waals surface area contributed by atoms with Crippen LogP contribution < -0.4 is 9.47 Å². The van der Waals surface area contributed by atoms with Crippen LogP contribution in [-0.4, -0.2) is 28.2 Å². The van der Waals surface area contributed by atoms with Gasteiger partial charge in [-0.1, -0.05) is 64.9 Å². The SMILES string of the molecule is CCCc1nnc(SCc2ccc(Br)cc2)n1/N=C/c1cccc(OC)c1OCc1ccc(F)cc1. The Morgan fingerprint density at radius 3 is 2.50 bits per heavy atom. The Labute approximate surface area is 222 Å². The minimum atomic E-state index is -0.283. The van der Waals surface area contributed by atoms with Gasteiger partial charge >= 0.3 is 0 Å². The van der Waals surface area contributed by atoms with E-state index in [1.807, 2.05) is 30.3 Å². The molecular weight excluding hydrogens is 543 g/mol. The predicted molar refractivity (Wildman–Crippen MR) is 144 cm³/mol. The fourth-order valence-electron chi connectivity index (χ4n) is 3.42. The highest BCUT2D eigenvalue weighted by Gasteiger charge is 2.14. The molecule has 0 aliphatic rings. The van der Waals surface area contributed by atoms with Crippen molar-refractivity contribution in [2.24, 2.45) is 5.10 Å². The van der Waals surface area contributed by atoms with Gasteiger partial charge in [0.05, 0.1) is 13.3 Å². The average Bonchev–Trinajstić information content (AvgIpc) is 3.28. The molecule has 4 rings (SSSR count). The first-order valence-corrected chi connectivity index (χ1v) is 13.3. The van der Waals surface area contributed by atoms with Gasteiger partial charge in [0.25, 0.3) is 0 Å². The number of aromatic nitrogens is 3. The van der Waals surface area contributed by atoms with E-state index in [1.54, 1.807) is 41.9 Å². The molecule has 0 spiro atoms. The van der Waals surface area contributed by atoms with Crippen molar-refractivity contribution >= 4 is 33.9 Å². The number of hydrogen-bond acceptors (Lipinski definition) is 6. The van der Waals surface area contributed by atoms with E-state index in [1.165, 1.54) is 17.7 Å². The molecule has 9 heteroatoms. The molecule has 186 valence electrons. The first-order valence-electron chi connectivity index (χ1n) is 11.5. The first-order chi connectivity index (χ1) is 17.6. The van der Waals surface area contributed by atoms with Crippen LogP contribution in [0.4, 0.5) is 4.39 Å². The molecule has 0 saturated heterocycles. The van der Waals surface area contributed by atoms with Gasteiger partial charge in [0, 0.05) is 22.2 Å². The molecule has 6 nitrogen and oxygen atoms in total. The van der Waals surface area contributed by atoms with E-state index in [9.17, 15) is 4.39 Å². The fraction of sp³-hybridized carbons (Fsp3) is 0.222. The van der Waals surface area contributed by atoms with Gasteiger partial charge in [0.2, 0.25) is 5.16 Å². The van der Waals surface area contributed by atoms with Crippen LogP contribution in [-0.2, 0) is 18.8 Å². The van der Waals surface area contributed by atoms with Gasteiger partial charge in [-0.2, -0.15) is 9.78 Å². The summed E-state index contributed by atoms with van der Waals surface area (Å²) in [5.41, 5.74) is 2.78. The molecule has 0 amide bonds. The summed E-state index contributed by atoms with van der Waals surface area (Å²) in [7, 11) is 1.59. The first kappa shape index (κ1) is 25.9. The van der Waals surface area contributed by atoms with Gasteiger partial charge in [-0.05, 0) is 53.9 Å². The van der Waals surface area contributed by atoms with Crippen LogP contribution in [0.2, 0.25) is 0 Å². The third kappa shape index (κ3) is 6.73. The zero-order valence-electron chi connectivity index (χ0n) is 20.0. The average molecular weight is 570 g/mol. The molecule has 1 heterocycles. The van der Waals surface area contributed by atoms with Crippen LogP contribution in [0.3, 0.4) is 0 Å². The van der Waals surface area contributed by atoms with Gasteiger partial charge in [-0.15, -0.1) is 10.2 Å². The lowest BCUT2D eigenvalue weighted by molar-refractivity contribution is 0.284. The van der Waals surface area contributed by atoms with Crippen molar-refractivity contribution < 1.29 is 13.9 Å². The summed E-state index contributed by atoms with van der Waals surface area (Å²) in [6.45, 7) is 2.37. The van der Waals surface area contributed by atoms with E-state index in [0.717, 1.165) is 40.0 Å². The minimum absolute atomic E-state index is 0.267. The zero-order chi connectivity index (χ0) is 25.3. The second-order valence-corrected chi connectivity index (χ2v) is 9.77. The number of methoxy groups -OCH3 is 1. The van der Waals surface area contributed by atoms with Crippen LogP contribution in [0.25, 0.3) is 0 Å². The van der Waals surface area contributed by atoms with Gasteiger partial charge in [-0.25, -0.2) is 4.39 Å². The summed E-state index contributed by atoms with van der Waals surface area (Å²) >= 11 is 5.05. The molecule has 1 aromatic heterocycles. The summed E-state index contributed by atoms with van der Waals surface area (Å²) in [5.74, 6) is 2.40. The number of rotatable bonds is 11. The van der Waals surface area contributed by atoms with Gasteiger partial charge in [-0.3, -0.25) is 0 Å². The highest BCUT2D eigenvalue weighted by molar-refractivity contribution is 9.10. The summed E-state index contributed by atoms with van der Waals surface area (Å²) in [4.78, 5) is 0. The van der Waals surface area contributed by atoms with Crippen LogP contribution in [0.1, 0.15) is 35.9 Å². The van der Waals surface area contributed by atoms with E-state index in [4.69, 9.17) is 14.6 Å². The Morgan fingerprint density at radius 1 is 1.03 bits per heavy atom. The predicted octanol–water partition coefficient (Wildman–Crippen LogP) is 6.89. The third-order valence-corrected chi connectivity index (χ3v) is 6.79. The van der Waals surface area contributed by atoms with E-state index in [0.29, 0.717) is 16.7 Å². The highest BCUT2D eigenvalue weighted by Crippen LogP contribution is 2.31. The molecule has 0 unspecified atom stereocenters. The molecule has 0 fully saturated rings. The normalized spacial score (nSPS) is 11.2. The molecule has 0 aliphatic heterocycles. The molecule has 0 aliphatic carbocycles. The summed E-state index contributed by atoms with van der Waals surface area (Å²) < 4.78 is 27.7. The van der Waals surface area contributed by atoms with Crippen LogP contribution in [0.15, 0.2) is 81.5 Å². The lowest BCUT2D eigenvalue weighted by atomic mass is 10.2. The van der Waals surface area contributed by atoms with E-state index in [2.05, 4.69) is 45.2 Å². The fourth-order valence-corrected chi connectivity index (χ4v) is 4.54. The lowest BCUT2D eigenvalue weighted by Gasteiger charge is -2.13. The van der Waals surface area contributed by atoms with Crippen LogP contribution >= 0.6 is 27.7 Å². The van der Waals surface area contributed by atoms with E-state index >= 15 is 0 Å². The largest absolute Gasteiger partial charge is 0.493 e. The highest BCUT2D eigenvalue weighted by atomic mass is 79.9. The number of aryl methyl sites for hydroxylation is 1. The maximum atomic E-state index is 13.3. The molecule has 0 saturated carbocycles. The maximum Gasteiger partial charge on any atom is 0.212 e. The van der Waals surface area contributed by atoms with Gasteiger partial charge in [0.1, 0.15) is 12.4 Å². The topological polar surface area (TPSA) is 61.5 Å². The van der Waals surface area contributed by atoms with Gasteiger partial charge in [0.15, 0.2) is 17.3 Å². The quantitative estimate of drug-likeness (QED) is 0.145. The number of para-hydroxylation sites is 1. The molecule has 4 aromatic rings. The molecule has 0 N–H and O–H groups in total. The molecule has 0 atom stereocenters. The maximum absolute atomic E-state index is 13.3. The number of nitrogens with zero attached hydrogens (tertiary/aromatic N) is 4. The van der Waals surface area contributed by atoms with Crippen LogP contribution in [0.5, 0.6) is 11.5 Å². The van der Waals surface area contributed by atoms with Crippen molar-refractivity contribution in [3.05, 3.63) is 99.5 Å². The van der Waals surface area contributed by atoms with Crippen molar-refractivity contribution in [2.45, 2.75) is 37.3 Å². The molecule has 3 aromatic carbocycles. The monoisotopic (exact) mass is 568 g/mol. The number of thioether (sulfide) groups is 1. The number of ether oxygens (including phenoxy) is 2. The summed E-state index contributed by atoms with van der Waals surface area (Å²) in [6.07, 6.45) is 3.42. The van der Waals surface area contributed by atoms with Crippen molar-refractivity contribution in [1.29, 1.82) is 0 Å². The van der Waals surface area contributed by atoms with E-state index in [-0.39, 0.29) is 12.4 Å². The van der Waals surface area contributed by atoms with Crippen molar-refractivity contribution in [3.8, 4) is 11.5 Å². The molecule has 36 heavy (non-hydrogen) atoms. The molecular formula is C27H26BrFN4O2S. The number of hydrogen-bond donors (Lipinski definition) is 0. The second-order valence-electron chi connectivity index (χ2n) is 7.91. The lowest BCUT2D eigenvalue weighted by Crippen LogP contribution is -2.03. The second kappa shape index (κ2) is 12.7. The summed E-state index contributed by atoms with van der Waals surface area (Å²) in [5, 5.41) is 14.2. The number of halogens is 2. The van der Waals surface area contributed by atoms with Gasteiger partial charge < -0.3 is 9.47 Å². The minimum Gasteiger partial charge on any atom is -0.493 e. The van der Waals surface area contributed by atoms with Crippen molar-refractivity contribution in [2.75, 3.05) is 7.11 Å². The van der Waals surface area contributed by atoms with E-state index < -0.39 is 0 Å². The smallest absolute Gasteiger partial charge is 0.212 e. The Hall–Kier alpha value is -3.17. The Balaban J connectivity index is 1.58. The van der Waals surface area contributed by atoms with Crippen molar-refractivity contribution in [3.63, 3.8) is 0 Å². The molecule has 0 bridgehead atoms. The Morgan fingerprint density at radius 2 is 1.78 bits per heavy atom. The number of benzene rings is 3. The Bertz CT molecular complexity index is 1310. The third-order valence-electron chi connectivity index (χ3n) is 5.27. The standard InChI is InChI=1S/C27H26BrFN4O2S/c1-3-5-25-31-32-27(36-18-20-8-12-22(28)13-9-20)33(25)30-16-21-6-4-7-24(34-2)26(21)35-17-19-10-14-23(29)15-11-19/h4,6-16H,3,5,17-18H2,1-2H3/b30-16+.